The first-order chi connectivity index (χ1) is 10.0. The van der Waals surface area contributed by atoms with Crippen molar-refractivity contribution < 1.29 is 4.74 Å². The van der Waals surface area contributed by atoms with Gasteiger partial charge in [-0.05, 0) is 11.5 Å². The van der Waals surface area contributed by atoms with Gasteiger partial charge in [0.25, 0.3) is 0 Å². The van der Waals surface area contributed by atoms with Crippen LogP contribution in [0.25, 0.3) is 10.8 Å². The van der Waals surface area contributed by atoms with Crippen LogP contribution in [0.2, 0.25) is 0 Å². The number of hydrogen-bond donors (Lipinski definition) is 0. The Morgan fingerprint density at radius 1 is 1.05 bits per heavy atom. The quantitative estimate of drug-likeness (QED) is 0.665. The van der Waals surface area contributed by atoms with Gasteiger partial charge in [-0.15, -0.1) is 11.3 Å². The van der Waals surface area contributed by atoms with Crippen LogP contribution >= 0.6 is 11.3 Å². The highest BCUT2D eigenvalue weighted by atomic mass is 32.1. The summed E-state index contributed by atoms with van der Waals surface area (Å²) >= 11 is 1.66. The van der Waals surface area contributed by atoms with Crippen molar-refractivity contribution in [2.75, 3.05) is 0 Å². The topological polar surface area (TPSA) is 22.1 Å². The third-order valence-electron chi connectivity index (χ3n) is 3.42. The first-order valence-corrected chi connectivity index (χ1v) is 7.97. The summed E-state index contributed by atoms with van der Waals surface area (Å²) in [7, 11) is 0. The van der Waals surface area contributed by atoms with Crippen LogP contribution in [0.3, 0.4) is 0 Å². The van der Waals surface area contributed by atoms with Gasteiger partial charge in [0, 0.05) is 16.2 Å². The molecule has 0 atom stereocenters. The highest BCUT2D eigenvalue weighted by Gasteiger charge is 2.17. The van der Waals surface area contributed by atoms with Crippen LogP contribution < -0.4 is 4.74 Å². The van der Waals surface area contributed by atoms with Crippen molar-refractivity contribution in [3.05, 3.63) is 58.5 Å². The summed E-state index contributed by atoms with van der Waals surface area (Å²) in [6, 6.07) is 14.4. The molecule has 0 saturated carbocycles. The average molecular weight is 297 g/mol. The van der Waals surface area contributed by atoms with Crippen LogP contribution in [0.15, 0.2) is 47.8 Å². The van der Waals surface area contributed by atoms with Crippen molar-refractivity contribution in [3.8, 4) is 5.75 Å². The average Bonchev–Trinajstić information content (AvgIpc) is 2.94. The summed E-state index contributed by atoms with van der Waals surface area (Å²) in [6.45, 7) is 7.06. The zero-order chi connectivity index (χ0) is 14.9. The molecular formula is C18H19NOS. The Balaban J connectivity index is 1.79. The molecule has 0 aliphatic rings. The summed E-state index contributed by atoms with van der Waals surface area (Å²) in [5.41, 5.74) is 1.22. The number of benzene rings is 2. The van der Waals surface area contributed by atoms with Gasteiger partial charge in [0.2, 0.25) is 0 Å². The highest BCUT2D eigenvalue weighted by molar-refractivity contribution is 7.09. The number of nitrogens with zero attached hydrogens (tertiary/aromatic N) is 1. The van der Waals surface area contributed by atoms with E-state index in [-0.39, 0.29) is 5.41 Å². The van der Waals surface area contributed by atoms with E-state index < -0.39 is 0 Å². The number of fused-ring (bicyclic) bond motifs is 1. The van der Waals surface area contributed by atoms with Crippen LogP contribution in [0.1, 0.15) is 31.5 Å². The number of aromatic nitrogens is 1. The second kappa shape index (κ2) is 5.49. The van der Waals surface area contributed by atoms with Crippen LogP contribution in [0, 0.1) is 0 Å². The summed E-state index contributed by atoms with van der Waals surface area (Å²) < 4.78 is 5.98. The standard InChI is InChI=1S/C18H19NOS/c1-18(2,3)16-12-21-17(19-16)11-20-15-10-6-8-13-7-4-5-9-14(13)15/h4-10,12H,11H2,1-3H3. The van der Waals surface area contributed by atoms with E-state index in [0.717, 1.165) is 21.8 Å². The lowest BCUT2D eigenvalue weighted by Gasteiger charge is -2.14. The molecule has 1 aromatic heterocycles. The van der Waals surface area contributed by atoms with E-state index in [1.54, 1.807) is 11.3 Å². The molecule has 21 heavy (non-hydrogen) atoms. The minimum absolute atomic E-state index is 0.0915. The van der Waals surface area contributed by atoms with Gasteiger partial charge in [0.15, 0.2) is 0 Å². The highest BCUT2D eigenvalue weighted by Crippen LogP contribution is 2.27. The number of rotatable bonds is 3. The number of ether oxygens (including phenoxy) is 1. The van der Waals surface area contributed by atoms with Gasteiger partial charge in [0.1, 0.15) is 17.4 Å². The second-order valence-corrected chi connectivity index (χ2v) is 7.09. The lowest BCUT2D eigenvalue weighted by atomic mass is 9.93. The molecule has 0 spiro atoms. The fraction of sp³-hybridized carbons (Fsp3) is 0.278. The molecule has 0 fully saturated rings. The molecule has 0 aliphatic heterocycles. The largest absolute Gasteiger partial charge is 0.486 e. The molecule has 0 saturated heterocycles. The molecule has 0 aliphatic carbocycles. The summed E-state index contributed by atoms with van der Waals surface area (Å²) in [6.07, 6.45) is 0. The van der Waals surface area contributed by atoms with E-state index in [4.69, 9.17) is 4.74 Å². The summed E-state index contributed by atoms with van der Waals surface area (Å²) in [4.78, 5) is 4.67. The Morgan fingerprint density at radius 3 is 2.57 bits per heavy atom. The molecule has 2 aromatic carbocycles. The molecule has 3 rings (SSSR count). The van der Waals surface area contributed by atoms with Crippen LogP contribution in [0.4, 0.5) is 0 Å². The maximum absolute atomic E-state index is 5.98. The van der Waals surface area contributed by atoms with Crippen LogP contribution in [0.5, 0.6) is 5.75 Å². The molecule has 0 bridgehead atoms. The Kier molecular flexibility index (Phi) is 3.68. The molecule has 0 radical (unpaired) electrons. The molecule has 3 aromatic rings. The first kappa shape index (κ1) is 14.1. The minimum atomic E-state index is 0.0915. The third-order valence-corrected chi connectivity index (χ3v) is 4.24. The maximum atomic E-state index is 5.98. The molecule has 0 N–H and O–H groups in total. The van der Waals surface area contributed by atoms with Crippen LogP contribution in [-0.4, -0.2) is 4.98 Å². The lowest BCUT2D eigenvalue weighted by molar-refractivity contribution is 0.308. The Labute approximate surface area is 129 Å². The zero-order valence-electron chi connectivity index (χ0n) is 12.6. The predicted octanol–water partition coefficient (Wildman–Crippen LogP) is 5.17. The Hall–Kier alpha value is -1.87. The molecule has 1 heterocycles. The molecule has 3 heteroatoms. The zero-order valence-corrected chi connectivity index (χ0v) is 13.4. The molecule has 0 unspecified atom stereocenters. The van der Waals surface area contributed by atoms with E-state index >= 15 is 0 Å². The fourth-order valence-electron chi connectivity index (χ4n) is 2.18. The van der Waals surface area contributed by atoms with E-state index in [0.29, 0.717) is 6.61 Å². The number of hydrogen-bond acceptors (Lipinski definition) is 3. The normalized spacial score (nSPS) is 11.8. The maximum Gasteiger partial charge on any atom is 0.140 e. The lowest BCUT2D eigenvalue weighted by Crippen LogP contribution is -2.11. The van der Waals surface area contributed by atoms with E-state index in [2.05, 4.69) is 49.3 Å². The van der Waals surface area contributed by atoms with Crippen molar-refractivity contribution in [2.45, 2.75) is 32.8 Å². The Morgan fingerprint density at radius 2 is 1.81 bits per heavy atom. The van der Waals surface area contributed by atoms with Gasteiger partial charge < -0.3 is 4.74 Å². The van der Waals surface area contributed by atoms with E-state index in [1.807, 2.05) is 24.3 Å². The van der Waals surface area contributed by atoms with Crippen molar-refractivity contribution >= 4 is 22.1 Å². The van der Waals surface area contributed by atoms with Crippen molar-refractivity contribution in [2.24, 2.45) is 0 Å². The van der Waals surface area contributed by atoms with Gasteiger partial charge in [-0.25, -0.2) is 4.98 Å². The van der Waals surface area contributed by atoms with Crippen molar-refractivity contribution in [1.29, 1.82) is 0 Å². The SMILES string of the molecule is CC(C)(C)c1csc(COc2cccc3ccccc23)n1. The van der Waals surface area contributed by atoms with Gasteiger partial charge in [0.05, 0.1) is 5.69 Å². The minimum Gasteiger partial charge on any atom is -0.486 e. The molecule has 108 valence electrons. The monoisotopic (exact) mass is 297 g/mol. The van der Waals surface area contributed by atoms with Gasteiger partial charge in [-0.2, -0.15) is 0 Å². The molecule has 0 amide bonds. The van der Waals surface area contributed by atoms with E-state index in [1.165, 1.54) is 5.39 Å². The smallest absolute Gasteiger partial charge is 0.140 e. The first-order valence-electron chi connectivity index (χ1n) is 7.09. The molecule has 2 nitrogen and oxygen atoms in total. The number of thiazole rings is 1. The fourth-order valence-corrected chi connectivity index (χ4v) is 3.11. The second-order valence-electron chi connectivity index (χ2n) is 6.14. The summed E-state index contributed by atoms with van der Waals surface area (Å²) in [5, 5.41) is 5.49. The summed E-state index contributed by atoms with van der Waals surface area (Å²) in [5.74, 6) is 0.917. The van der Waals surface area contributed by atoms with Crippen molar-refractivity contribution in [3.63, 3.8) is 0 Å². The Bertz CT molecular complexity index is 750. The predicted molar refractivity (Wildman–Crippen MR) is 89.1 cm³/mol. The van der Waals surface area contributed by atoms with Crippen molar-refractivity contribution in [1.82, 2.24) is 4.98 Å². The third kappa shape index (κ3) is 3.08. The van der Waals surface area contributed by atoms with Gasteiger partial charge >= 0.3 is 0 Å². The van der Waals surface area contributed by atoms with E-state index in [9.17, 15) is 0 Å². The van der Waals surface area contributed by atoms with Gasteiger partial charge in [-0.3, -0.25) is 0 Å². The van der Waals surface area contributed by atoms with Crippen LogP contribution in [-0.2, 0) is 12.0 Å². The molecular weight excluding hydrogens is 278 g/mol. The van der Waals surface area contributed by atoms with Gasteiger partial charge in [-0.1, -0.05) is 57.2 Å².